The van der Waals surface area contributed by atoms with Crippen molar-refractivity contribution in [1.82, 2.24) is 9.55 Å². The summed E-state index contributed by atoms with van der Waals surface area (Å²) in [7, 11) is 0. The predicted octanol–water partition coefficient (Wildman–Crippen LogP) is 2.04. The molecule has 0 radical (unpaired) electrons. The molecule has 16 heavy (non-hydrogen) atoms. The van der Waals surface area contributed by atoms with Crippen LogP contribution >= 0.6 is 0 Å². The molecule has 1 atom stereocenters. The van der Waals surface area contributed by atoms with E-state index in [4.69, 9.17) is 5.73 Å². The largest absolute Gasteiger partial charge is 0.329 e. The topological polar surface area (TPSA) is 43.8 Å². The average molecular weight is 219 g/mol. The number of imidazole rings is 1. The van der Waals surface area contributed by atoms with Crippen molar-refractivity contribution in [1.29, 1.82) is 0 Å². The smallest absolute Gasteiger partial charge is 0.140 e. The summed E-state index contributed by atoms with van der Waals surface area (Å²) >= 11 is 0. The molecule has 1 unspecified atom stereocenters. The second-order valence-corrected chi connectivity index (χ2v) is 3.89. The number of benzene rings is 1. The van der Waals surface area contributed by atoms with Crippen LogP contribution in [-0.4, -0.2) is 15.6 Å². The Morgan fingerprint density at radius 2 is 2.31 bits per heavy atom. The van der Waals surface area contributed by atoms with E-state index in [1.54, 1.807) is 12.3 Å². The summed E-state index contributed by atoms with van der Waals surface area (Å²) < 4.78 is 15.0. The SMILES string of the molecule is CC(N)Cn1ccnc1-c1cccc(F)c1. The zero-order valence-corrected chi connectivity index (χ0v) is 9.10. The van der Waals surface area contributed by atoms with Crippen molar-refractivity contribution < 1.29 is 4.39 Å². The Labute approximate surface area is 93.7 Å². The molecule has 2 rings (SSSR count). The van der Waals surface area contributed by atoms with Crippen LogP contribution < -0.4 is 5.73 Å². The van der Waals surface area contributed by atoms with Crippen LogP contribution in [0.3, 0.4) is 0 Å². The van der Waals surface area contributed by atoms with Crippen LogP contribution in [-0.2, 0) is 6.54 Å². The number of hydrogen-bond acceptors (Lipinski definition) is 2. The van der Waals surface area contributed by atoms with Gasteiger partial charge in [0.15, 0.2) is 0 Å². The highest BCUT2D eigenvalue weighted by Crippen LogP contribution is 2.18. The lowest BCUT2D eigenvalue weighted by molar-refractivity contribution is 0.593. The fourth-order valence-corrected chi connectivity index (χ4v) is 1.65. The van der Waals surface area contributed by atoms with Crippen molar-refractivity contribution in [2.24, 2.45) is 5.73 Å². The van der Waals surface area contributed by atoms with Gasteiger partial charge in [-0.15, -0.1) is 0 Å². The van der Waals surface area contributed by atoms with Crippen LogP contribution in [0, 0.1) is 5.82 Å². The van der Waals surface area contributed by atoms with E-state index < -0.39 is 0 Å². The minimum atomic E-state index is -0.257. The molecule has 0 bridgehead atoms. The quantitative estimate of drug-likeness (QED) is 0.858. The van der Waals surface area contributed by atoms with Gasteiger partial charge in [0.05, 0.1) is 0 Å². The molecule has 0 aliphatic heterocycles. The van der Waals surface area contributed by atoms with Gasteiger partial charge in [0.1, 0.15) is 11.6 Å². The van der Waals surface area contributed by atoms with E-state index in [1.807, 2.05) is 23.8 Å². The molecule has 1 aromatic heterocycles. The predicted molar refractivity (Wildman–Crippen MR) is 61.3 cm³/mol. The van der Waals surface area contributed by atoms with Crippen molar-refractivity contribution in [3.8, 4) is 11.4 Å². The van der Waals surface area contributed by atoms with Crippen molar-refractivity contribution in [3.05, 3.63) is 42.5 Å². The van der Waals surface area contributed by atoms with Gasteiger partial charge < -0.3 is 10.3 Å². The van der Waals surface area contributed by atoms with E-state index in [1.165, 1.54) is 12.1 Å². The third kappa shape index (κ3) is 2.28. The van der Waals surface area contributed by atoms with Crippen LogP contribution in [0.2, 0.25) is 0 Å². The van der Waals surface area contributed by atoms with E-state index in [9.17, 15) is 4.39 Å². The Morgan fingerprint density at radius 1 is 1.50 bits per heavy atom. The summed E-state index contributed by atoms with van der Waals surface area (Å²) in [4.78, 5) is 4.22. The van der Waals surface area contributed by atoms with Gasteiger partial charge >= 0.3 is 0 Å². The first kappa shape index (κ1) is 10.8. The van der Waals surface area contributed by atoms with Gasteiger partial charge in [0.2, 0.25) is 0 Å². The van der Waals surface area contributed by atoms with Crippen LogP contribution in [0.25, 0.3) is 11.4 Å². The van der Waals surface area contributed by atoms with E-state index in [2.05, 4.69) is 4.98 Å². The molecule has 0 aliphatic rings. The number of halogens is 1. The first-order valence-electron chi connectivity index (χ1n) is 5.19. The molecule has 84 valence electrons. The number of nitrogens with zero attached hydrogens (tertiary/aromatic N) is 2. The first-order valence-corrected chi connectivity index (χ1v) is 5.19. The molecule has 0 aliphatic carbocycles. The molecule has 0 spiro atoms. The standard InChI is InChI=1S/C12H14FN3/c1-9(14)8-16-6-5-15-12(16)10-3-2-4-11(13)7-10/h2-7,9H,8,14H2,1H3. The molecule has 4 heteroatoms. The lowest BCUT2D eigenvalue weighted by Crippen LogP contribution is -2.22. The Kier molecular flexibility index (Phi) is 3.01. The normalized spacial score (nSPS) is 12.7. The summed E-state index contributed by atoms with van der Waals surface area (Å²) in [5.41, 5.74) is 6.51. The van der Waals surface area contributed by atoms with Gasteiger partial charge in [-0.05, 0) is 19.1 Å². The molecule has 2 N–H and O–H groups in total. The molecule has 2 aromatic rings. The monoisotopic (exact) mass is 219 g/mol. The van der Waals surface area contributed by atoms with Crippen molar-refractivity contribution >= 4 is 0 Å². The second-order valence-electron chi connectivity index (χ2n) is 3.89. The average Bonchev–Trinajstić information content (AvgIpc) is 2.65. The van der Waals surface area contributed by atoms with Crippen LogP contribution in [0.4, 0.5) is 4.39 Å². The van der Waals surface area contributed by atoms with Crippen LogP contribution in [0.5, 0.6) is 0 Å². The first-order chi connectivity index (χ1) is 7.66. The van der Waals surface area contributed by atoms with E-state index in [0.717, 1.165) is 11.4 Å². The van der Waals surface area contributed by atoms with Crippen molar-refractivity contribution in [2.75, 3.05) is 0 Å². The molecule has 1 heterocycles. The summed E-state index contributed by atoms with van der Waals surface area (Å²) in [6.07, 6.45) is 3.55. The van der Waals surface area contributed by atoms with E-state index in [-0.39, 0.29) is 11.9 Å². The molecule has 0 saturated heterocycles. The van der Waals surface area contributed by atoms with Crippen LogP contribution in [0.15, 0.2) is 36.7 Å². The van der Waals surface area contributed by atoms with Gasteiger partial charge in [-0.3, -0.25) is 0 Å². The molecule has 0 saturated carbocycles. The Balaban J connectivity index is 2.37. The maximum Gasteiger partial charge on any atom is 0.140 e. The third-order valence-electron chi connectivity index (χ3n) is 2.28. The van der Waals surface area contributed by atoms with Gasteiger partial charge in [0, 0.05) is 30.5 Å². The fraction of sp³-hybridized carbons (Fsp3) is 0.250. The highest BCUT2D eigenvalue weighted by Gasteiger charge is 2.07. The molecular weight excluding hydrogens is 205 g/mol. The van der Waals surface area contributed by atoms with Crippen molar-refractivity contribution in [2.45, 2.75) is 19.5 Å². The molecule has 0 fully saturated rings. The minimum Gasteiger partial charge on any atom is -0.329 e. The highest BCUT2D eigenvalue weighted by molar-refractivity contribution is 5.55. The van der Waals surface area contributed by atoms with Crippen molar-refractivity contribution in [3.63, 3.8) is 0 Å². The lowest BCUT2D eigenvalue weighted by Gasteiger charge is -2.10. The fourth-order valence-electron chi connectivity index (χ4n) is 1.65. The zero-order valence-electron chi connectivity index (χ0n) is 9.10. The van der Waals surface area contributed by atoms with Crippen LogP contribution in [0.1, 0.15) is 6.92 Å². The molecule has 1 aromatic carbocycles. The molecular formula is C12H14FN3. The molecule has 0 amide bonds. The van der Waals surface area contributed by atoms with Gasteiger partial charge in [0.25, 0.3) is 0 Å². The zero-order chi connectivity index (χ0) is 11.5. The highest BCUT2D eigenvalue weighted by atomic mass is 19.1. The maximum absolute atomic E-state index is 13.1. The Hall–Kier alpha value is -1.68. The van der Waals surface area contributed by atoms with E-state index in [0.29, 0.717) is 6.54 Å². The van der Waals surface area contributed by atoms with Gasteiger partial charge in [-0.2, -0.15) is 0 Å². The summed E-state index contributed by atoms with van der Waals surface area (Å²) in [6.45, 7) is 2.60. The Morgan fingerprint density at radius 3 is 3.00 bits per heavy atom. The number of hydrogen-bond donors (Lipinski definition) is 1. The summed E-state index contributed by atoms with van der Waals surface area (Å²) in [5.74, 6) is 0.490. The minimum absolute atomic E-state index is 0.0431. The van der Waals surface area contributed by atoms with Gasteiger partial charge in [-0.25, -0.2) is 9.37 Å². The number of aromatic nitrogens is 2. The number of nitrogens with two attached hydrogens (primary N) is 1. The lowest BCUT2D eigenvalue weighted by atomic mass is 10.2. The van der Waals surface area contributed by atoms with E-state index >= 15 is 0 Å². The van der Waals surface area contributed by atoms with Gasteiger partial charge in [-0.1, -0.05) is 12.1 Å². The second kappa shape index (κ2) is 4.45. The summed E-state index contributed by atoms with van der Waals surface area (Å²) in [6, 6.07) is 6.45. The number of rotatable bonds is 3. The maximum atomic E-state index is 13.1. The summed E-state index contributed by atoms with van der Waals surface area (Å²) in [5, 5.41) is 0. The molecule has 3 nitrogen and oxygen atoms in total. The Bertz CT molecular complexity index is 477. The third-order valence-corrected chi connectivity index (χ3v) is 2.28.